The van der Waals surface area contributed by atoms with Crippen molar-refractivity contribution in [3.63, 3.8) is 0 Å². The molecule has 3 aromatic rings. The molecule has 0 aliphatic carbocycles. The van der Waals surface area contributed by atoms with E-state index in [9.17, 15) is 13.2 Å². The van der Waals surface area contributed by atoms with E-state index in [-0.39, 0.29) is 16.9 Å². The number of thiazole rings is 1. The van der Waals surface area contributed by atoms with Gasteiger partial charge in [-0.15, -0.1) is 0 Å². The number of carbonyl (C=O) groups is 1. The van der Waals surface area contributed by atoms with Gasteiger partial charge in [-0.05, 0) is 36.8 Å². The van der Waals surface area contributed by atoms with Crippen LogP contribution in [0, 0.1) is 6.92 Å². The number of piperidine rings is 1. The van der Waals surface area contributed by atoms with E-state index in [1.807, 2.05) is 25.1 Å². The molecule has 1 aliphatic rings. The lowest BCUT2D eigenvalue weighted by Crippen LogP contribution is -2.41. The van der Waals surface area contributed by atoms with Gasteiger partial charge in [0.05, 0.1) is 15.1 Å². The molecule has 1 amide bonds. The van der Waals surface area contributed by atoms with E-state index in [0.29, 0.717) is 36.7 Å². The van der Waals surface area contributed by atoms with Crippen LogP contribution in [0.15, 0.2) is 47.4 Å². The van der Waals surface area contributed by atoms with E-state index in [0.717, 1.165) is 22.0 Å². The summed E-state index contributed by atoms with van der Waals surface area (Å²) in [6.07, 6.45) is 2.59. The third-order valence-electron chi connectivity index (χ3n) is 5.11. The molecule has 0 saturated carbocycles. The molecule has 6 nitrogen and oxygen atoms in total. The highest BCUT2D eigenvalue weighted by atomic mass is 32.2. The molecule has 0 spiro atoms. The van der Waals surface area contributed by atoms with E-state index >= 15 is 0 Å². The van der Waals surface area contributed by atoms with Crippen LogP contribution in [0.25, 0.3) is 10.2 Å². The number of fused-ring (bicyclic) bond motifs is 1. The number of para-hydroxylation sites is 1. The van der Waals surface area contributed by atoms with Gasteiger partial charge in [-0.2, -0.15) is 0 Å². The number of ether oxygens (including phenoxy) is 1. The van der Waals surface area contributed by atoms with Crippen LogP contribution in [0.1, 0.15) is 28.8 Å². The summed E-state index contributed by atoms with van der Waals surface area (Å²) < 4.78 is 30.7. The first-order chi connectivity index (χ1) is 13.8. The maximum absolute atomic E-state index is 12.8. The minimum Gasteiger partial charge on any atom is -0.467 e. The summed E-state index contributed by atoms with van der Waals surface area (Å²) in [7, 11) is -3.34. The maximum atomic E-state index is 12.8. The predicted molar refractivity (Wildman–Crippen MR) is 113 cm³/mol. The smallest absolute Gasteiger partial charge is 0.274 e. The zero-order valence-corrected chi connectivity index (χ0v) is 17.9. The minimum absolute atomic E-state index is 0.0160. The summed E-state index contributed by atoms with van der Waals surface area (Å²) in [6, 6.07) is 12.3. The Kier molecular flexibility index (Phi) is 5.31. The highest BCUT2D eigenvalue weighted by Gasteiger charge is 2.26. The second kappa shape index (κ2) is 7.76. The first-order valence-electron chi connectivity index (χ1n) is 9.43. The zero-order chi connectivity index (χ0) is 20.6. The molecule has 152 valence electrons. The largest absolute Gasteiger partial charge is 0.467 e. The van der Waals surface area contributed by atoms with Crippen molar-refractivity contribution in [3.05, 3.63) is 53.6 Å². The average Bonchev–Trinajstić information content (AvgIpc) is 3.11. The van der Waals surface area contributed by atoms with E-state index in [2.05, 4.69) is 4.98 Å². The van der Waals surface area contributed by atoms with Gasteiger partial charge in [0, 0.05) is 37.8 Å². The molecule has 1 saturated heterocycles. The Morgan fingerprint density at radius 3 is 2.59 bits per heavy atom. The van der Waals surface area contributed by atoms with E-state index in [1.165, 1.54) is 12.1 Å². The normalized spacial score (nSPS) is 15.6. The van der Waals surface area contributed by atoms with Crippen LogP contribution in [0.2, 0.25) is 0 Å². The molecule has 0 N–H and O–H groups in total. The molecule has 0 radical (unpaired) electrons. The van der Waals surface area contributed by atoms with Crippen LogP contribution >= 0.6 is 11.3 Å². The van der Waals surface area contributed by atoms with Crippen LogP contribution in [-0.2, 0) is 9.84 Å². The quantitative estimate of drug-likeness (QED) is 0.631. The molecule has 8 heteroatoms. The molecule has 2 heterocycles. The van der Waals surface area contributed by atoms with E-state index < -0.39 is 9.84 Å². The Morgan fingerprint density at radius 2 is 1.90 bits per heavy atom. The summed E-state index contributed by atoms with van der Waals surface area (Å²) in [5, 5.41) is 0.667. The van der Waals surface area contributed by atoms with Gasteiger partial charge in [-0.3, -0.25) is 4.79 Å². The van der Waals surface area contributed by atoms with Gasteiger partial charge in [-0.1, -0.05) is 29.5 Å². The van der Waals surface area contributed by atoms with Crippen molar-refractivity contribution in [2.75, 3.05) is 19.3 Å². The fourth-order valence-electron chi connectivity index (χ4n) is 3.48. The predicted octanol–water partition coefficient (Wildman–Crippen LogP) is 3.69. The van der Waals surface area contributed by atoms with Gasteiger partial charge in [-0.25, -0.2) is 13.4 Å². The van der Waals surface area contributed by atoms with Gasteiger partial charge in [0.2, 0.25) is 0 Å². The molecular weight excluding hydrogens is 408 g/mol. The number of amides is 1. The van der Waals surface area contributed by atoms with Gasteiger partial charge in [0.15, 0.2) is 9.84 Å². The summed E-state index contributed by atoms with van der Waals surface area (Å²) in [6.45, 7) is 3.17. The highest BCUT2D eigenvalue weighted by Crippen LogP contribution is 2.31. The van der Waals surface area contributed by atoms with Crippen molar-refractivity contribution in [1.82, 2.24) is 9.88 Å². The number of carbonyl (C=O) groups excluding carboxylic acids is 1. The number of aryl methyl sites for hydroxylation is 1. The number of sulfone groups is 1. The van der Waals surface area contributed by atoms with Gasteiger partial charge >= 0.3 is 0 Å². The molecule has 1 aliphatic heterocycles. The van der Waals surface area contributed by atoms with Crippen LogP contribution in [0.4, 0.5) is 0 Å². The topological polar surface area (TPSA) is 76.6 Å². The summed E-state index contributed by atoms with van der Waals surface area (Å²) in [5.74, 6) is -0.149. The third kappa shape index (κ3) is 4.28. The third-order valence-corrected chi connectivity index (χ3v) is 7.13. The second-order valence-electron chi connectivity index (χ2n) is 7.31. The molecule has 0 unspecified atom stereocenters. The molecule has 4 rings (SSSR count). The fraction of sp³-hybridized carbons (Fsp3) is 0.333. The number of rotatable bonds is 4. The molecular formula is C21H22N2O4S2. The number of aromatic nitrogens is 1. The molecule has 29 heavy (non-hydrogen) atoms. The zero-order valence-electron chi connectivity index (χ0n) is 16.3. The summed E-state index contributed by atoms with van der Waals surface area (Å²) in [4.78, 5) is 19.3. The Morgan fingerprint density at radius 1 is 1.17 bits per heavy atom. The number of hydrogen-bond acceptors (Lipinski definition) is 6. The first kappa shape index (κ1) is 19.8. The Bertz CT molecular complexity index is 1160. The second-order valence-corrected chi connectivity index (χ2v) is 10.3. The Balaban J connectivity index is 1.40. The minimum atomic E-state index is -3.34. The maximum Gasteiger partial charge on any atom is 0.274 e. The van der Waals surface area contributed by atoms with Crippen molar-refractivity contribution in [2.45, 2.75) is 30.8 Å². The average molecular weight is 431 g/mol. The van der Waals surface area contributed by atoms with Crippen molar-refractivity contribution in [1.29, 1.82) is 0 Å². The Labute approximate surface area is 174 Å². The van der Waals surface area contributed by atoms with E-state index in [1.54, 1.807) is 28.4 Å². The number of hydrogen-bond donors (Lipinski definition) is 0. The number of benzene rings is 2. The van der Waals surface area contributed by atoms with Crippen molar-refractivity contribution < 1.29 is 17.9 Å². The van der Waals surface area contributed by atoms with Crippen LogP contribution in [0.5, 0.6) is 5.19 Å². The SMILES string of the molecule is Cc1cccc2sc(OC3CCN(C(=O)c4cccc(S(C)(=O)=O)c4)CC3)nc12. The number of nitrogens with zero attached hydrogens (tertiary/aromatic N) is 2. The molecule has 1 aromatic heterocycles. The van der Waals surface area contributed by atoms with Gasteiger partial charge < -0.3 is 9.64 Å². The lowest BCUT2D eigenvalue weighted by molar-refractivity contribution is 0.0595. The lowest BCUT2D eigenvalue weighted by atomic mass is 10.1. The van der Waals surface area contributed by atoms with Crippen molar-refractivity contribution >= 4 is 37.3 Å². The summed E-state index contributed by atoms with van der Waals surface area (Å²) >= 11 is 1.54. The monoisotopic (exact) mass is 430 g/mol. The molecule has 1 fully saturated rings. The van der Waals surface area contributed by atoms with Crippen molar-refractivity contribution in [2.24, 2.45) is 0 Å². The Hall–Kier alpha value is -2.45. The van der Waals surface area contributed by atoms with Crippen molar-refractivity contribution in [3.8, 4) is 5.19 Å². The number of likely N-dealkylation sites (tertiary alicyclic amines) is 1. The van der Waals surface area contributed by atoms with Gasteiger partial charge in [0.25, 0.3) is 11.1 Å². The molecule has 2 aromatic carbocycles. The van der Waals surface area contributed by atoms with E-state index in [4.69, 9.17) is 4.74 Å². The summed E-state index contributed by atoms with van der Waals surface area (Å²) in [5.41, 5.74) is 2.50. The molecule has 0 atom stereocenters. The fourth-order valence-corrected chi connectivity index (χ4v) is 5.10. The molecule has 0 bridgehead atoms. The van der Waals surface area contributed by atoms with Crippen LogP contribution < -0.4 is 4.74 Å². The first-order valence-corrected chi connectivity index (χ1v) is 12.1. The van der Waals surface area contributed by atoms with Gasteiger partial charge in [0.1, 0.15) is 6.10 Å². The highest BCUT2D eigenvalue weighted by molar-refractivity contribution is 7.90. The van der Waals surface area contributed by atoms with Crippen LogP contribution in [-0.4, -0.2) is 49.7 Å². The lowest BCUT2D eigenvalue weighted by Gasteiger charge is -2.31. The van der Waals surface area contributed by atoms with Crippen LogP contribution in [0.3, 0.4) is 0 Å². The standard InChI is InChI=1S/C21H22N2O4S2/c1-14-5-3-8-18-19(14)22-21(28-18)27-16-9-11-23(12-10-16)20(24)15-6-4-7-17(13-15)29(2,25)26/h3-8,13,16H,9-12H2,1-2H3.